The molecule has 0 radical (unpaired) electrons. The third-order valence-corrected chi connectivity index (χ3v) is 4.97. The van der Waals surface area contributed by atoms with E-state index in [0.29, 0.717) is 5.56 Å². The lowest BCUT2D eigenvalue weighted by molar-refractivity contribution is 0.474. The largest absolute Gasteiger partial charge is 0.508 e. The van der Waals surface area contributed by atoms with Crippen LogP contribution in [0.15, 0.2) is 59.5 Å². The number of hydrogen-bond donors (Lipinski definition) is 2. The maximum atomic E-state index is 12.4. The molecule has 0 aliphatic carbocycles. The molecule has 0 heterocycles. The van der Waals surface area contributed by atoms with Crippen LogP contribution in [-0.4, -0.2) is 17.3 Å². The van der Waals surface area contributed by atoms with Crippen molar-refractivity contribution in [2.75, 3.05) is 0 Å². The summed E-state index contributed by atoms with van der Waals surface area (Å²) >= 11 is 17.7. The topological polar surface area (TPSA) is 66.4 Å². The molecular formula is C14H12Cl3NO3S. The van der Waals surface area contributed by atoms with E-state index >= 15 is 0 Å². The molecule has 0 amide bonds. The molecule has 0 aliphatic rings. The van der Waals surface area contributed by atoms with E-state index in [9.17, 15) is 13.5 Å². The average Bonchev–Trinajstić information content (AvgIpc) is 2.46. The lowest BCUT2D eigenvalue weighted by Crippen LogP contribution is -2.36. The highest BCUT2D eigenvalue weighted by atomic mass is 35.6. The van der Waals surface area contributed by atoms with Crippen LogP contribution in [0, 0.1) is 0 Å². The fourth-order valence-electron chi connectivity index (χ4n) is 1.81. The number of sulfonamides is 1. The molecule has 0 fully saturated rings. The first-order valence-electron chi connectivity index (χ1n) is 6.13. The standard InChI is InChI=1S/C14H12Cl3NO3S/c15-14(16,17)13(10-6-8-11(19)9-7-10)18-22(20,21)12-4-2-1-3-5-12/h1-9,13,18-19H/t13-/m1/s1. The van der Waals surface area contributed by atoms with Crippen molar-refractivity contribution in [1.29, 1.82) is 0 Å². The number of phenolic OH excluding ortho intramolecular Hbond substituents is 1. The molecule has 118 valence electrons. The number of hydrogen-bond acceptors (Lipinski definition) is 3. The Balaban J connectivity index is 2.38. The molecular weight excluding hydrogens is 369 g/mol. The maximum Gasteiger partial charge on any atom is 0.241 e. The van der Waals surface area contributed by atoms with Gasteiger partial charge in [0.2, 0.25) is 13.8 Å². The summed E-state index contributed by atoms with van der Waals surface area (Å²) in [6.07, 6.45) is 0. The van der Waals surface area contributed by atoms with E-state index in [0.717, 1.165) is 0 Å². The van der Waals surface area contributed by atoms with E-state index < -0.39 is 19.9 Å². The van der Waals surface area contributed by atoms with Gasteiger partial charge in [0.15, 0.2) is 0 Å². The minimum absolute atomic E-state index is 0.0257. The summed E-state index contributed by atoms with van der Waals surface area (Å²) in [6.45, 7) is 0. The Morgan fingerprint density at radius 3 is 2.00 bits per heavy atom. The second-order valence-electron chi connectivity index (χ2n) is 4.50. The van der Waals surface area contributed by atoms with E-state index in [1.54, 1.807) is 18.2 Å². The van der Waals surface area contributed by atoms with Crippen molar-refractivity contribution in [2.24, 2.45) is 0 Å². The Morgan fingerprint density at radius 2 is 1.50 bits per heavy atom. The zero-order valence-electron chi connectivity index (χ0n) is 11.1. The first-order valence-corrected chi connectivity index (χ1v) is 8.75. The second kappa shape index (κ2) is 6.64. The SMILES string of the molecule is O=S(=O)(N[C@H](c1ccc(O)cc1)C(Cl)(Cl)Cl)c1ccccc1. The maximum absolute atomic E-state index is 12.4. The average molecular weight is 381 g/mol. The van der Waals surface area contributed by atoms with Crippen LogP contribution in [-0.2, 0) is 10.0 Å². The van der Waals surface area contributed by atoms with Gasteiger partial charge >= 0.3 is 0 Å². The number of phenols is 1. The molecule has 2 rings (SSSR count). The van der Waals surface area contributed by atoms with Crippen molar-refractivity contribution < 1.29 is 13.5 Å². The first kappa shape index (κ1) is 17.4. The smallest absolute Gasteiger partial charge is 0.241 e. The predicted octanol–water partition coefficient (Wildman–Crippen LogP) is 3.78. The third-order valence-electron chi connectivity index (χ3n) is 2.88. The van der Waals surface area contributed by atoms with Gasteiger partial charge in [0.05, 0.1) is 10.9 Å². The summed E-state index contributed by atoms with van der Waals surface area (Å²) in [5, 5.41) is 9.31. The van der Waals surface area contributed by atoms with Gasteiger partial charge < -0.3 is 5.11 Å². The molecule has 8 heteroatoms. The molecule has 4 nitrogen and oxygen atoms in total. The summed E-state index contributed by atoms with van der Waals surface area (Å²) < 4.78 is 25.3. The molecule has 0 unspecified atom stereocenters. The number of nitrogens with one attached hydrogen (secondary N) is 1. The van der Waals surface area contributed by atoms with Crippen molar-refractivity contribution in [3.8, 4) is 5.75 Å². The van der Waals surface area contributed by atoms with Gasteiger partial charge in [-0.15, -0.1) is 0 Å². The van der Waals surface area contributed by atoms with Crippen molar-refractivity contribution >= 4 is 44.8 Å². The summed E-state index contributed by atoms with van der Waals surface area (Å²) in [6, 6.07) is 12.4. The zero-order chi connectivity index (χ0) is 16.4. The first-order chi connectivity index (χ1) is 10.2. The highest BCUT2D eigenvalue weighted by Crippen LogP contribution is 2.41. The lowest BCUT2D eigenvalue weighted by atomic mass is 10.1. The monoisotopic (exact) mass is 379 g/mol. The van der Waals surface area contributed by atoms with Crippen molar-refractivity contribution in [3.63, 3.8) is 0 Å². The highest BCUT2D eigenvalue weighted by Gasteiger charge is 2.37. The number of alkyl halides is 3. The Labute approximate surface area is 143 Å². The number of benzene rings is 2. The van der Waals surface area contributed by atoms with Crippen LogP contribution in [0.1, 0.15) is 11.6 Å². The molecule has 0 aliphatic heterocycles. The van der Waals surface area contributed by atoms with E-state index in [4.69, 9.17) is 34.8 Å². The van der Waals surface area contributed by atoms with Gasteiger partial charge in [0.25, 0.3) is 0 Å². The van der Waals surface area contributed by atoms with Crippen LogP contribution in [0.4, 0.5) is 0 Å². The number of aromatic hydroxyl groups is 1. The van der Waals surface area contributed by atoms with Gasteiger partial charge in [-0.05, 0) is 29.8 Å². The minimum Gasteiger partial charge on any atom is -0.508 e. The van der Waals surface area contributed by atoms with E-state index in [1.807, 2.05) is 0 Å². The normalized spacial score (nSPS) is 13.8. The molecule has 0 bridgehead atoms. The molecule has 22 heavy (non-hydrogen) atoms. The fraction of sp³-hybridized carbons (Fsp3) is 0.143. The number of halogens is 3. The Morgan fingerprint density at radius 1 is 0.955 bits per heavy atom. The van der Waals surface area contributed by atoms with Crippen LogP contribution < -0.4 is 4.72 Å². The van der Waals surface area contributed by atoms with Crippen LogP contribution in [0.2, 0.25) is 0 Å². The Bertz CT molecular complexity index is 728. The van der Waals surface area contributed by atoms with Gasteiger partial charge in [-0.25, -0.2) is 8.42 Å². The molecule has 0 saturated heterocycles. The summed E-state index contributed by atoms with van der Waals surface area (Å²) in [5.41, 5.74) is 0.414. The van der Waals surface area contributed by atoms with Crippen LogP contribution in [0.5, 0.6) is 5.75 Å². The van der Waals surface area contributed by atoms with Gasteiger partial charge in [0, 0.05) is 0 Å². The molecule has 0 spiro atoms. The van der Waals surface area contributed by atoms with E-state index in [2.05, 4.69) is 4.72 Å². The third kappa shape index (κ3) is 4.27. The van der Waals surface area contributed by atoms with Crippen LogP contribution in [0.25, 0.3) is 0 Å². The molecule has 2 N–H and O–H groups in total. The lowest BCUT2D eigenvalue weighted by Gasteiger charge is -2.25. The van der Waals surface area contributed by atoms with Crippen molar-refractivity contribution in [3.05, 3.63) is 60.2 Å². The predicted molar refractivity (Wildman–Crippen MR) is 87.9 cm³/mol. The van der Waals surface area contributed by atoms with Crippen LogP contribution in [0.3, 0.4) is 0 Å². The highest BCUT2D eigenvalue weighted by molar-refractivity contribution is 7.89. The van der Waals surface area contributed by atoms with Gasteiger partial charge in [-0.2, -0.15) is 4.72 Å². The van der Waals surface area contributed by atoms with Gasteiger partial charge in [-0.3, -0.25) is 0 Å². The van der Waals surface area contributed by atoms with Crippen molar-refractivity contribution in [1.82, 2.24) is 4.72 Å². The molecule has 2 aromatic carbocycles. The van der Waals surface area contributed by atoms with E-state index in [-0.39, 0.29) is 10.6 Å². The van der Waals surface area contributed by atoms with Gasteiger partial charge in [-0.1, -0.05) is 65.1 Å². The second-order valence-corrected chi connectivity index (χ2v) is 8.58. The molecule has 0 saturated carbocycles. The summed E-state index contributed by atoms with van der Waals surface area (Å²) in [5.74, 6) is 0.0257. The molecule has 1 atom stereocenters. The quantitative estimate of drug-likeness (QED) is 0.793. The number of rotatable bonds is 4. The fourth-order valence-corrected chi connectivity index (χ4v) is 3.82. The van der Waals surface area contributed by atoms with Crippen molar-refractivity contribution in [2.45, 2.75) is 14.7 Å². The molecule has 2 aromatic rings. The Kier molecular flexibility index (Phi) is 5.25. The van der Waals surface area contributed by atoms with Crippen LogP contribution >= 0.6 is 34.8 Å². The van der Waals surface area contributed by atoms with Gasteiger partial charge in [0.1, 0.15) is 5.75 Å². The zero-order valence-corrected chi connectivity index (χ0v) is 14.2. The summed E-state index contributed by atoms with van der Waals surface area (Å²) in [4.78, 5) is 0.0630. The minimum atomic E-state index is -3.87. The Hall–Kier alpha value is -0.980. The van der Waals surface area contributed by atoms with E-state index in [1.165, 1.54) is 36.4 Å². The molecule has 0 aromatic heterocycles. The summed E-state index contributed by atoms with van der Waals surface area (Å²) in [7, 11) is -3.87.